The van der Waals surface area contributed by atoms with Crippen LogP contribution in [0.5, 0.6) is 0 Å². The first-order valence-corrected chi connectivity index (χ1v) is 9.29. The quantitative estimate of drug-likeness (QED) is 0.588. The second-order valence-corrected chi connectivity index (χ2v) is 6.74. The summed E-state index contributed by atoms with van der Waals surface area (Å²) >= 11 is 0. The zero-order valence-electron chi connectivity index (χ0n) is 16.5. The van der Waals surface area contributed by atoms with Gasteiger partial charge in [0, 0.05) is 38.1 Å². The molecule has 1 fully saturated rings. The molecule has 1 aliphatic heterocycles. The normalized spacial score (nSPS) is 17.9. The zero-order chi connectivity index (χ0) is 20.7. The van der Waals surface area contributed by atoms with Crippen molar-refractivity contribution in [2.24, 2.45) is 0 Å². The third-order valence-electron chi connectivity index (χ3n) is 4.65. The van der Waals surface area contributed by atoms with Gasteiger partial charge in [-0.2, -0.15) is 18.3 Å². The number of hydrogen-bond donors (Lipinski definition) is 0. The fraction of sp³-hybridized carbons (Fsp3) is 0.778. The molecular weight excluding hydrogens is 379 g/mol. The number of nitrogens with zero attached hydrogens (tertiary/aromatic N) is 3. The minimum Gasteiger partial charge on any atom is -0.385 e. The van der Waals surface area contributed by atoms with E-state index in [0.717, 1.165) is 11.1 Å². The highest BCUT2D eigenvalue weighted by molar-refractivity contribution is 5.77. The van der Waals surface area contributed by atoms with Gasteiger partial charge in [0.2, 0.25) is 5.91 Å². The average Bonchev–Trinajstić information content (AvgIpc) is 2.89. The van der Waals surface area contributed by atoms with E-state index in [0.29, 0.717) is 43.3 Å². The minimum atomic E-state index is -4.36. The highest BCUT2D eigenvalue weighted by atomic mass is 19.4. The molecule has 0 aliphatic carbocycles. The molecule has 1 aliphatic rings. The summed E-state index contributed by atoms with van der Waals surface area (Å²) in [6.45, 7) is 4.51. The fourth-order valence-corrected chi connectivity index (χ4v) is 3.37. The molecule has 1 amide bonds. The predicted octanol–water partition coefficient (Wildman–Crippen LogP) is 2.41. The minimum absolute atomic E-state index is 0.109. The number of aryl methyl sites for hydroxylation is 1. The van der Waals surface area contributed by atoms with Gasteiger partial charge in [-0.1, -0.05) is 0 Å². The van der Waals surface area contributed by atoms with Crippen molar-refractivity contribution in [2.75, 3.05) is 46.7 Å². The van der Waals surface area contributed by atoms with Crippen LogP contribution in [0.1, 0.15) is 35.8 Å². The van der Waals surface area contributed by atoms with Crippen LogP contribution in [-0.4, -0.2) is 73.5 Å². The number of morpholine rings is 1. The summed E-state index contributed by atoms with van der Waals surface area (Å²) in [4.78, 5) is 14.4. The van der Waals surface area contributed by atoms with Gasteiger partial charge >= 0.3 is 6.18 Å². The molecule has 0 N–H and O–H groups in total. The van der Waals surface area contributed by atoms with Gasteiger partial charge in [0.15, 0.2) is 0 Å². The van der Waals surface area contributed by atoms with Crippen LogP contribution in [0.25, 0.3) is 0 Å². The molecule has 0 bridgehead atoms. The van der Waals surface area contributed by atoms with Crippen molar-refractivity contribution in [1.29, 1.82) is 0 Å². The molecule has 1 atom stereocenters. The predicted molar refractivity (Wildman–Crippen MR) is 95.0 cm³/mol. The number of halogens is 3. The first-order chi connectivity index (χ1) is 13.2. The smallest absolute Gasteiger partial charge is 0.385 e. The Bertz CT molecular complexity index is 649. The standard InChI is InChI=1S/C18H28F3N3O4/c1-13-17(14(2)24(22-13)12-18(19,20)21)15-11-28-10-6-23(15)16(25)5-9-27-8-4-7-26-3/h15H,4-12H2,1-3H3. The Morgan fingerprint density at radius 3 is 2.71 bits per heavy atom. The van der Waals surface area contributed by atoms with Gasteiger partial charge < -0.3 is 19.1 Å². The monoisotopic (exact) mass is 407 g/mol. The lowest BCUT2D eigenvalue weighted by molar-refractivity contribution is -0.143. The Morgan fingerprint density at radius 1 is 1.29 bits per heavy atom. The van der Waals surface area contributed by atoms with E-state index in [-0.39, 0.29) is 25.5 Å². The van der Waals surface area contributed by atoms with Crippen molar-refractivity contribution < 1.29 is 32.2 Å². The highest BCUT2D eigenvalue weighted by Gasteiger charge is 2.35. The van der Waals surface area contributed by atoms with E-state index in [1.165, 1.54) is 0 Å². The lowest BCUT2D eigenvalue weighted by atomic mass is 10.0. The van der Waals surface area contributed by atoms with E-state index < -0.39 is 18.8 Å². The second-order valence-electron chi connectivity index (χ2n) is 6.74. The van der Waals surface area contributed by atoms with E-state index in [2.05, 4.69) is 5.10 Å². The Hall–Kier alpha value is -1.65. The molecule has 0 aromatic carbocycles. The number of rotatable bonds is 9. The van der Waals surface area contributed by atoms with Gasteiger partial charge in [-0.05, 0) is 20.3 Å². The van der Waals surface area contributed by atoms with E-state index in [1.807, 2.05) is 0 Å². The van der Waals surface area contributed by atoms with Crippen molar-refractivity contribution >= 4 is 5.91 Å². The molecule has 160 valence electrons. The number of aromatic nitrogens is 2. The second kappa shape index (κ2) is 10.2. The summed E-state index contributed by atoms with van der Waals surface area (Å²) in [5.41, 5.74) is 1.50. The summed E-state index contributed by atoms with van der Waals surface area (Å²) in [5, 5.41) is 4.04. The lowest BCUT2D eigenvalue weighted by Crippen LogP contribution is -2.44. The number of methoxy groups -OCH3 is 1. The van der Waals surface area contributed by atoms with Crippen LogP contribution in [0, 0.1) is 13.8 Å². The summed E-state index contributed by atoms with van der Waals surface area (Å²) in [5.74, 6) is -0.109. The van der Waals surface area contributed by atoms with Crippen LogP contribution < -0.4 is 0 Å². The van der Waals surface area contributed by atoms with E-state index in [9.17, 15) is 18.0 Å². The Kier molecular flexibility index (Phi) is 8.26. The van der Waals surface area contributed by atoms with Gasteiger partial charge in [0.1, 0.15) is 6.54 Å². The maximum absolute atomic E-state index is 12.8. The van der Waals surface area contributed by atoms with Gasteiger partial charge in [-0.25, -0.2) is 0 Å². The molecule has 10 heteroatoms. The molecule has 1 saturated heterocycles. The molecule has 1 aromatic rings. The van der Waals surface area contributed by atoms with Crippen molar-refractivity contribution in [3.8, 4) is 0 Å². The first kappa shape index (κ1) is 22.6. The Balaban J connectivity index is 2.05. The topological polar surface area (TPSA) is 65.8 Å². The molecule has 7 nitrogen and oxygen atoms in total. The largest absolute Gasteiger partial charge is 0.408 e. The number of carbonyl (C=O) groups is 1. The highest BCUT2D eigenvalue weighted by Crippen LogP contribution is 2.31. The molecule has 0 saturated carbocycles. The summed E-state index contributed by atoms with van der Waals surface area (Å²) in [6.07, 6.45) is -3.40. The Labute approximate surface area is 162 Å². The van der Waals surface area contributed by atoms with Crippen LogP contribution in [0.15, 0.2) is 0 Å². The van der Waals surface area contributed by atoms with Crippen molar-refractivity contribution in [3.05, 3.63) is 17.0 Å². The van der Waals surface area contributed by atoms with Gasteiger partial charge in [-0.3, -0.25) is 9.48 Å². The lowest BCUT2D eigenvalue weighted by Gasteiger charge is -2.36. The van der Waals surface area contributed by atoms with E-state index >= 15 is 0 Å². The zero-order valence-corrected chi connectivity index (χ0v) is 16.5. The molecular formula is C18H28F3N3O4. The summed E-state index contributed by atoms with van der Waals surface area (Å²) < 4.78 is 55.2. The molecule has 1 aromatic heterocycles. The average molecular weight is 407 g/mol. The van der Waals surface area contributed by atoms with E-state index in [1.54, 1.807) is 25.9 Å². The third kappa shape index (κ3) is 6.18. The number of amides is 1. The van der Waals surface area contributed by atoms with Crippen molar-refractivity contribution in [2.45, 2.75) is 45.5 Å². The van der Waals surface area contributed by atoms with Gasteiger partial charge in [-0.15, -0.1) is 0 Å². The number of ether oxygens (including phenoxy) is 3. The van der Waals surface area contributed by atoms with Gasteiger partial charge in [0.25, 0.3) is 0 Å². The number of alkyl halides is 3. The maximum atomic E-state index is 12.8. The van der Waals surface area contributed by atoms with Crippen LogP contribution >= 0.6 is 0 Å². The third-order valence-corrected chi connectivity index (χ3v) is 4.65. The first-order valence-electron chi connectivity index (χ1n) is 9.29. The molecule has 1 unspecified atom stereocenters. The van der Waals surface area contributed by atoms with E-state index in [4.69, 9.17) is 14.2 Å². The fourth-order valence-electron chi connectivity index (χ4n) is 3.37. The van der Waals surface area contributed by atoms with Crippen LogP contribution in [0.3, 0.4) is 0 Å². The number of hydrogen-bond acceptors (Lipinski definition) is 5. The van der Waals surface area contributed by atoms with Crippen LogP contribution in [-0.2, 0) is 25.5 Å². The van der Waals surface area contributed by atoms with Crippen molar-refractivity contribution in [1.82, 2.24) is 14.7 Å². The molecule has 0 spiro atoms. The molecule has 2 heterocycles. The summed E-state index contributed by atoms with van der Waals surface area (Å²) in [7, 11) is 1.61. The van der Waals surface area contributed by atoms with Crippen LogP contribution in [0.4, 0.5) is 13.2 Å². The molecule has 28 heavy (non-hydrogen) atoms. The maximum Gasteiger partial charge on any atom is 0.408 e. The van der Waals surface area contributed by atoms with Crippen LogP contribution in [0.2, 0.25) is 0 Å². The summed E-state index contributed by atoms with van der Waals surface area (Å²) in [6, 6.07) is -0.447. The number of carbonyl (C=O) groups excluding carboxylic acids is 1. The Morgan fingerprint density at radius 2 is 2.04 bits per heavy atom. The SMILES string of the molecule is COCCCOCCC(=O)N1CCOCC1c1c(C)nn(CC(F)(F)F)c1C. The van der Waals surface area contributed by atoms with Gasteiger partial charge in [0.05, 0.1) is 38.0 Å². The molecule has 0 radical (unpaired) electrons. The van der Waals surface area contributed by atoms with Crippen molar-refractivity contribution in [3.63, 3.8) is 0 Å². The molecule has 2 rings (SSSR count).